The number of imide groups is 1. The minimum absolute atomic E-state index is 0.103. The number of ketones is 1. The molecule has 32 heavy (non-hydrogen) atoms. The molecule has 1 atom stereocenters. The van der Waals surface area contributed by atoms with E-state index in [2.05, 4.69) is 15.6 Å². The van der Waals surface area contributed by atoms with Gasteiger partial charge in [0.2, 0.25) is 5.91 Å². The van der Waals surface area contributed by atoms with Gasteiger partial charge >= 0.3 is 0 Å². The molecule has 8 nitrogen and oxygen atoms in total. The van der Waals surface area contributed by atoms with E-state index in [1.54, 1.807) is 24.3 Å². The van der Waals surface area contributed by atoms with Crippen LogP contribution in [0.25, 0.3) is 10.9 Å². The maximum atomic E-state index is 12.8. The van der Waals surface area contributed by atoms with Gasteiger partial charge in [-0.3, -0.25) is 24.5 Å². The van der Waals surface area contributed by atoms with Crippen molar-refractivity contribution in [2.45, 2.75) is 45.1 Å². The number of piperidine rings is 1. The highest BCUT2D eigenvalue weighted by molar-refractivity contribution is 6.31. The first-order valence-electron chi connectivity index (χ1n) is 10.3. The molecule has 0 aliphatic carbocycles. The summed E-state index contributed by atoms with van der Waals surface area (Å²) in [5, 5.41) is 11.2. The van der Waals surface area contributed by atoms with Gasteiger partial charge in [-0.05, 0) is 54.7 Å². The number of aryl methyl sites for hydroxylation is 2. The van der Waals surface area contributed by atoms with E-state index in [4.69, 9.17) is 11.6 Å². The van der Waals surface area contributed by atoms with Crippen molar-refractivity contribution in [2.24, 2.45) is 0 Å². The molecule has 3 aromatic rings. The number of amides is 2. The number of rotatable bonds is 6. The van der Waals surface area contributed by atoms with Crippen molar-refractivity contribution in [2.75, 3.05) is 0 Å². The number of hydrogen-bond acceptors (Lipinski definition) is 6. The number of hydrogen-bond donors (Lipinski definition) is 1. The number of halogens is 1. The molecule has 1 unspecified atom stereocenters. The molecule has 1 saturated heterocycles. The number of fused-ring (bicyclic) bond motifs is 1. The summed E-state index contributed by atoms with van der Waals surface area (Å²) < 4.78 is 1.03. The first-order chi connectivity index (χ1) is 15.3. The molecule has 0 spiro atoms. The highest BCUT2D eigenvalue weighted by atomic mass is 35.5. The Kier molecular flexibility index (Phi) is 6.14. The molecular formula is C23H21ClN4O4. The molecule has 9 heteroatoms. The van der Waals surface area contributed by atoms with Crippen LogP contribution in [0.4, 0.5) is 0 Å². The van der Waals surface area contributed by atoms with Gasteiger partial charge in [0, 0.05) is 24.3 Å². The van der Waals surface area contributed by atoms with Crippen LogP contribution in [0.1, 0.15) is 42.0 Å². The third kappa shape index (κ3) is 4.60. The highest BCUT2D eigenvalue weighted by Gasteiger charge is 2.30. The fourth-order valence-corrected chi connectivity index (χ4v) is 3.91. The van der Waals surface area contributed by atoms with Crippen molar-refractivity contribution < 1.29 is 14.4 Å². The van der Waals surface area contributed by atoms with E-state index in [1.807, 2.05) is 19.1 Å². The zero-order valence-corrected chi connectivity index (χ0v) is 18.2. The molecule has 4 rings (SSSR count). The molecule has 0 radical (unpaired) electrons. The number of nitrogens with one attached hydrogen (secondary N) is 1. The average molecular weight is 453 g/mol. The normalized spacial score (nSPS) is 16.2. The van der Waals surface area contributed by atoms with Crippen LogP contribution in [0.3, 0.4) is 0 Å². The van der Waals surface area contributed by atoms with Crippen LogP contribution in [0.2, 0.25) is 5.02 Å². The number of aromatic nitrogens is 3. The van der Waals surface area contributed by atoms with Crippen LogP contribution in [0.15, 0.2) is 41.2 Å². The molecule has 0 saturated carbocycles. The summed E-state index contributed by atoms with van der Waals surface area (Å²) in [7, 11) is 0. The zero-order chi connectivity index (χ0) is 22.8. The summed E-state index contributed by atoms with van der Waals surface area (Å²) >= 11 is 6.03. The van der Waals surface area contributed by atoms with Crippen molar-refractivity contribution in [3.63, 3.8) is 0 Å². The molecule has 0 bridgehead atoms. The van der Waals surface area contributed by atoms with Crippen LogP contribution in [0.5, 0.6) is 0 Å². The minimum atomic E-state index is -0.856. The van der Waals surface area contributed by atoms with Gasteiger partial charge in [-0.2, -0.15) is 4.68 Å². The predicted molar refractivity (Wildman–Crippen MR) is 118 cm³/mol. The second kappa shape index (κ2) is 9.00. The Bertz CT molecular complexity index is 1300. The summed E-state index contributed by atoms with van der Waals surface area (Å²) in [5.41, 5.74) is 2.69. The second-order valence-corrected chi connectivity index (χ2v) is 8.36. The maximum Gasteiger partial charge on any atom is 0.278 e. The largest absolute Gasteiger partial charge is 0.299 e. The number of Topliss-reactive ketones (excluding diaryl/α,β-unsaturated/α-hetero) is 1. The van der Waals surface area contributed by atoms with Crippen LogP contribution >= 0.6 is 11.6 Å². The lowest BCUT2D eigenvalue weighted by molar-refractivity contribution is -0.136. The lowest BCUT2D eigenvalue weighted by Gasteiger charge is -2.21. The highest BCUT2D eigenvalue weighted by Crippen LogP contribution is 2.19. The standard InChI is InChI=1S/C23H21ClN4O4/c1-13-10-15(4-7-18(13)24)11-16(29)5-2-14-3-6-17-19(12-14)26-27-28(23(17)32)20-8-9-21(30)25-22(20)31/h3-4,6-7,10,12,20H,2,5,8-9,11H2,1H3,(H,25,30,31). The van der Waals surface area contributed by atoms with Crippen LogP contribution < -0.4 is 10.9 Å². The molecule has 1 aliphatic rings. The molecule has 1 aliphatic heterocycles. The van der Waals surface area contributed by atoms with Gasteiger partial charge in [0.05, 0.1) is 5.39 Å². The smallest absolute Gasteiger partial charge is 0.278 e. The summed E-state index contributed by atoms with van der Waals surface area (Å²) in [6.45, 7) is 1.90. The monoisotopic (exact) mass is 452 g/mol. The van der Waals surface area contributed by atoms with Crippen molar-refractivity contribution in [3.05, 3.63) is 68.5 Å². The third-order valence-electron chi connectivity index (χ3n) is 5.57. The van der Waals surface area contributed by atoms with Crippen molar-refractivity contribution in [3.8, 4) is 0 Å². The fourth-order valence-electron chi connectivity index (χ4n) is 3.79. The Morgan fingerprint density at radius 2 is 1.94 bits per heavy atom. The van der Waals surface area contributed by atoms with Crippen molar-refractivity contribution in [1.29, 1.82) is 0 Å². The zero-order valence-electron chi connectivity index (χ0n) is 17.4. The number of carbonyl (C=O) groups is 3. The Labute approximate surface area is 188 Å². The molecular weight excluding hydrogens is 432 g/mol. The minimum Gasteiger partial charge on any atom is -0.299 e. The lowest BCUT2D eigenvalue weighted by Crippen LogP contribution is -2.45. The Hall–Kier alpha value is -3.39. The van der Waals surface area contributed by atoms with Gasteiger partial charge < -0.3 is 0 Å². The van der Waals surface area contributed by atoms with Gasteiger partial charge in [-0.1, -0.05) is 35.0 Å². The van der Waals surface area contributed by atoms with Crippen molar-refractivity contribution in [1.82, 2.24) is 20.3 Å². The van der Waals surface area contributed by atoms with Gasteiger partial charge in [-0.15, -0.1) is 5.10 Å². The van der Waals surface area contributed by atoms with E-state index >= 15 is 0 Å². The van der Waals surface area contributed by atoms with E-state index in [9.17, 15) is 19.2 Å². The molecule has 1 fully saturated rings. The van der Waals surface area contributed by atoms with E-state index in [1.165, 1.54) is 0 Å². The van der Waals surface area contributed by atoms with E-state index < -0.39 is 17.5 Å². The Morgan fingerprint density at radius 1 is 1.16 bits per heavy atom. The van der Waals surface area contributed by atoms with Gasteiger partial charge in [0.15, 0.2) is 0 Å². The molecule has 1 aromatic heterocycles. The predicted octanol–water partition coefficient (Wildman–Crippen LogP) is 2.48. The van der Waals surface area contributed by atoms with E-state index in [-0.39, 0.29) is 24.5 Å². The Morgan fingerprint density at radius 3 is 2.69 bits per heavy atom. The first kappa shape index (κ1) is 21.8. The second-order valence-electron chi connectivity index (χ2n) is 7.96. The summed E-state index contributed by atoms with van der Waals surface area (Å²) in [6, 6.07) is 9.86. The first-order valence-corrected chi connectivity index (χ1v) is 10.7. The number of nitrogens with zero attached hydrogens (tertiary/aromatic N) is 3. The molecule has 2 heterocycles. The molecule has 164 valence electrons. The van der Waals surface area contributed by atoms with E-state index in [0.29, 0.717) is 35.2 Å². The maximum absolute atomic E-state index is 12.8. The topological polar surface area (TPSA) is 111 Å². The van der Waals surface area contributed by atoms with Gasteiger partial charge in [-0.25, -0.2) is 0 Å². The number of carbonyl (C=O) groups excluding carboxylic acids is 3. The molecule has 1 N–H and O–H groups in total. The SMILES string of the molecule is Cc1cc(CC(=O)CCc2ccc3c(=O)n(C4CCC(=O)NC4=O)nnc3c2)ccc1Cl. The van der Waals surface area contributed by atoms with E-state index in [0.717, 1.165) is 21.4 Å². The lowest BCUT2D eigenvalue weighted by atomic mass is 10.0. The van der Waals surface area contributed by atoms with Crippen LogP contribution in [0, 0.1) is 6.92 Å². The van der Waals surface area contributed by atoms with Crippen molar-refractivity contribution >= 4 is 40.1 Å². The fraction of sp³-hybridized carbons (Fsp3) is 0.304. The van der Waals surface area contributed by atoms with Gasteiger partial charge in [0.1, 0.15) is 17.3 Å². The van der Waals surface area contributed by atoms with Crippen LogP contribution in [-0.2, 0) is 27.2 Å². The summed E-state index contributed by atoms with van der Waals surface area (Å²) in [4.78, 5) is 48.6. The van der Waals surface area contributed by atoms with Gasteiger partial charge in [0.25, 0.3) is 11.5 Å². The third-order valence-corrected chi connectivity index (χ3v) is 6.00. The summed E-state index contributed by atoms with van der Waals surface area (Å²) in [5.74, 6) is -0.812. The quantitative estimate of drug-likeness (QED) is 0.575. The number of benzene rings is 2. The Balaban J connectivity index is 1.46. The molecule has 2 aromatic carbocycles. The summed E-state index contributed by atoms with van der Waals surface area (Å²) in [6.07, 6.45) is 1.55. The average Bonchev–Trinajstić information content (AvgIpc) is 2.76. The van der Waals surface area contributed by atoms with Crippen LogP contribution in [-0.4, -0.2) is 32.6 Å². The molecule has 2 amide bonds.